The van der Waals surface area contributed by atoms with E-state index in [0.717, 1.165) is 0 Å². The Morgan fingerprint density at radius 3 is 2.50 bits per heavy atom. The topological polar surface area (TPSA) is 100 Å². The standard InChI is InChI=1S/C14H25N5O3/c1-9(8-19(6)13(21)22-14(3,4)5)7-15-12(20)11-10(2)16-18-17-11/h9H,7-8H2,1-6H3,(H,15,20)(H,16,17,18). The van der Waals surface area contributed by atoms with Gasteiger partial charge in [0, 0.05) is 20.1 Å². The first-order valence-electron chi connectivity index (χ1n) is 7.20. The van der Waals surface area contributed by atoms with Crippen molar-refractivity contribution in [3.63, 3.8) is 0 Å². The van der Waals surface area contributed by atoms with Crippen LogP contribution in [0.5, 0.6) is 0 Å². The summed E-state index contributed by atoms with van der Waals surface area (Å²) in [4.78, 5) is 25.3. The van der Waals surface area contributed by atoms with Gasteiger partial charge in [-0.25, -0.2) is 4.79 Å². The van der Waals surface area contributed by atoms with Gasteiger partial charge < -0.3 is 15.0 Å². The molecule has 2 N–H and O–H groups in total. The number of hydrogen-bond acceptors (Lipinski definition) is 5. The van der Waals surface area contributed by atoms with Crippen molar-refractivity contribution in [1.29, 1.82) is 0 Å². The largest absolute Gasteiger partial charge is 0.444 e. The van der Waals surface area contributed by atoms with Crippen molar-refractivity contribution in [2.75, 3.05) is 20.1 Å². The number of nitrogens with one attached hydrogen (secondary N) is 2. The minimum absolute atomic E-state index is 0.0775. The highest BCUT2D eigenvalue weighted by Gasteiger charge is 2.21. The van der Waals surface area contributed by atoms with E-state index in [1.807, 2.05) is 27.7 Å². The molecule has 8 heteroatoms. The second kappa shape index (κ2) is 7.24. The molecule has 0 fully saturated rings. The van der Waals surface area contributed by atoms with Crippen LogP contribution in [0.2, 0.25) is 0 Å². The molecule has 22 heavy (non-hydrogen) atoms. The van der Waals surface area contributed by atoms with E-state index in [-0.39, 0.29) is 23.6 Å². The van der Waals surface area contributed by atoms with Crippen LogP contribution in [0.25, 0.3) is 0 Å². The summed E-state index contributed by atoms with van der Waals surface area (Å²) >= 11 is 0. The lowest BCUT2D eigenvalue weighted by molar-refractivity contribution is 0.0277. The molecule has 1 heterocycles. The van der Waals surface area contributed by atoms with E-state index in [1.165, 1.54) is 4.90 Å². The highest BCUT2D eigenvalue weighted by Crippen LogP contribution is 2.10. The predicted octanol–water partition coefficient (Wildman–Crippen LogP) is 1.35. The Kier molecular flexibility index (Phi) is 5.90. The average molecular weight is 311 g/mol. The Morgan fingerprint density at radius 1 is 1.36 bits per heavy atom. The van der Waals surface area contributed by atoms with Gasteiger partial charge in [-0.3, -0.25) is 4.79 Å². The van der Waals surface area contributed by atoms with E-state index in [0.29, 0.717) is 18.8 Å². The van der Waals surface area contributed by atoms with E-state index in [9.17, 15) is 9.59 Å². The molecule has 1 atom stereocenters. The average Bonchev–Trinajstić information content (AvgIpc) is 2.80. The van der Waals surface area contributed by atoms with Crippen LogP contribution in [-0.2, 0) is 4.74 Å². The molecule has 0 aliphatic heterocycles. The Bertz CT molecular complexity index is 521. The third-order valence-corrected chi connectivity index (χ3v) is 2.84. The normalized spacial score (nSPS) is 12.6. The molecular weight excluding hydrogens is 286 g/mol. The molecule has 0 saturated carbocycles. The van der Waals surface area contributed by atoms with Gasteiger partial charge in [-0.2, -0.15) is 15.4 Å². The monoisotopic (exact) mass is 311 g/mol. The summed E-state index contributed by atoms with van der Waals surface area (Å²) in [6, 6.07) is 0. The van der Waals surface area contributed by atoms with Crippen LogP contribution < -0.4 is 5.32 Å². The molecule has 0 saturated heterocycles. The second-order valence-corrected chi connectivity index (χ2v) is 6.43. The third-order valence-electron chi connectivity index (χ3n) is 2.84. The third kappa shape index (κ3) is 5.71. The molecule has 2 amide bonds. The summed E-state index contributed by atoms with van der Waals surface area (Å²) in [6.07, 6.45) is -0.377. The zero-order chi connectivity index (χ0) is 16.9. The summed E-state index contributed by atoms with van der Waals surface area (Å²) in [7, 11) is 1.67. The number of aromatic nitrogens is 3. The van der Waals surface area contributed by atoms with Gasteiger partial charge in [-0.15, -0.1) is 0 Å². The Hall–Kier alpha value is -2.12. The van der Waals surface area contributed by atoms with Gasteiger partial charge in [0.2, 0.25) is 0 Å². The zero-order valence-corrected chi connectivity index (χ0v) is 14.1. The van der Waals surface area contributed by atoms with Crippen molar-refractivity contribution in [3.05, 3.63) is 11.4 Å². The Labute approximate surface area is 130 Å². The maximum atomic E-state index is 11.9. The quantitative estimate of drug-likeness (QED) is 0.855. The van der Waals surface area contributed by atoms with Crippen LogP contribution in [0.15, 0.2) is 0 Å². The highest BCUT2D eigenvalue weighted by molar-refractivity contribution is 5.93. The van der Waals surface area contributed by atoms with Crippen molar-refractivity contribution in [1.82, 2.24) is 25.6 Å². The van der Waals surface area contributed by atoms with Crippen molar-refractivity contribution < 1.29 is 14.3 Å². The fraction of sp³-hybridized carbons (Fsp3) is 0.714. The SMILES string of the molecule is Cc1n[nH]nc1C(=O)NCC(C)CN(C)C(=O)OC(C)(C)C. The minimum atomic E-state index is -0.521. The van der Waals surface area contributed by atoms with Crippen molar-refractivity contribution in [2.45, 2.75) is 40.2 Å². The molecule has 124 valence electrons. The molecule has 1 rings (SSSR count). The summed E-state index contributed by atoms with van der Waals surface area (Å²) < 4.78 is 5.28. The molecule has 0 aliphatic rings. The van der Waals surface area contributed by atoms with E-state index in [2.05, 4.69) is 20.7 Å². The minimum Gasteiger partial charge on any atom is -0.444 e. The summed E-state index contributed by atoms with van der Waals surface area (Å²) in [5, 5.41) is 12.8. The number of ether oxygens (including phenoxy) is 1. The molecule has 1 aromatic rings. The Balaban J connectivity index is 2.40. The molecule has 0 spiro atoms. The highest BCUT2D eigenvalue weighted by atomic mass is 16.6. The van der Waals surface area contributed by atoms with Crippen LogP contribution in [0, 0.1) is 12.8 Å². The van der Waals surface area contributed by atoms with Gasteiger partial charge in [0.25, 0.3) is 5.91 Å². The molecule has 0 bridgehead atoms. The van der Waals surface area contributed by atoms with Crippen molar-refractivity contribution in [3.8, 4) is 0 Å². The maximum absolute atomic E-state index is 11.9. The summed E-state index contributed by atoms with van der Waals surface area (Å²) in [6.45, 7) is 10.0. The number of aromatic amines is 1. The first-order valence-corrected chi connectivity index (χ1v) is 7.20. The number of carbonyl (C=O) groups is 2. The summed E-state index contributed by atoms with van der Waals surface area (Å²) in [5.74, 6) is -0.202. The number of amides is 2. The van der Waals surface area contributed by atoms with E-state index >= 15 is 0 Å². The predicted molar refractivity (Wildman–Crippen MR) is 81.5 cm³/mol. The smallest absolute Gasteiger partial charge is 0.410 e. The van der Waals surface area contributed by atoms with Gasteiger partial charge in [0.05, 0.1) is 5.69 Å². The number of aryl methyl sites for hydroxylation is 1. The Morgan fingerprint density at radius 2 is 2.00 bits per heavy atom. The number of H-pyrrole nitrogens is 1. The van der Waals surface area contributed by atoms with Gasteiger partial charge in [0.1, 0.15) is 5.60 Å². The van der Waals surface area contributed by atoms with Crippen molar-refractivity contribution in [2.24, 2.45) is 5.92 Å². The van der Waals surface area contributed by atoms with Crippen LogP contribution in [0.1, 0.15) is 43.9 Å². The van der Waals surface area contributed by atoms with Crippen LogP contribution in [0.3, 0.4) is 0 Å². The first-order chi connectivity index (χ1) is 10.1. The maximum Gasteiger partial charge on any atom is 0.410 e. The zero-order valence-electron chi connectivity index (χ0n) is 14.1. The number of carbonyl (C=O) groups excluding carboxylic acids is 2. The van der Waals surface area contributed by atoms with E-state index < -0.39 is 5.60 Å². The van der Waals surface area contributed by atoms with Crippen LogP contribution in [0.4, 0.5) is 4.79 Å². The number of rotatable bonds is 5. The van der Waals surface area contributed by atoms with Crippen LogP contribution >= 0.6 is 0 Å². The second-order valence-electron chi connectivity index (χ2n) is 6.43. The lowest BCUT2D eigenvalue weighted by Gasteiger charge is -2.26. The lowest BCUT2D eigenvalue weighted by Crippen LogP contribution is -2.39. The number of nitrogens with zero attached hydrogens (tertiary/aromatic N) is 3. The fourth-order valence-corrected chi connectivity index (χ4v) is 1.80. The van der Waals surface area contributed by atoms with Crippen molar-refractivity contribution >= 4 is 12.0 Å². The summed E-state index contributed by atoms with van der Waals surface area (Å²) in [5.41, 5.74) is 0.316. The van der Waals surface area contributed by atoms with Gasteiger partial charge in [-0.05, 0) is 33.6 Å². The molecule has 1 unspecified atom stereocenters. The van der Waals surface area contributed by atoms with E-state index in [4.69, 9.17) is 4.74 Å². The van der Waals surface area contributed by atoms with Crippen LogP contribution in [-0.4, -0.2) is 58.0 Å². The molecular formula is C14H25N5O3. The first kappa shape index (κ1) is 17.9. The van der Waals surface area contributed by atoms with Gasteiger partial charge in [-0.1, -0.05) is 6.92 Å². The molecule has 0 aliphatic carbocycles. The molecule has 8 nitrogen and oxygen atoms in total. The molecule has 0 aromatic carbocycles. The van der Waals surface area contributed by atoms with Gasteiger partial charge >= 0.3 is 6.09 Å². The number of hydrogen-bond donors (Lipinski definition) is 2. The lowest BCUT2D eigenvalue weighted by atomic mass is 10.1. The van der Waals surface area contributed by atoms with Gasteiger partial charge in [0.15, 0.2) is 5.69 Å². The molecule has 0 radical (unpaired) electrons. The fourth-order valence-electron chi connectivity index (χ4n) is 1.80. The molecule has 1 aromatic heterocycles. The van der Waals surface area contributed by atoms with E-state index in [1.54, 1.807) is 14.0 Å².